The van der Waals surface area contributed by atoms with Crippen molar-refractivity contribution in [1.82, 2.24) is 9.88 Å². The zero-order chi connectivity index (χ0) is 15.5. The predicted molar refractivity (Wildman–Crippen MR) is 86.7 cm³/mol. The molecule has 1 amide bonds. The van der Waals surface area contributed by atoms with E-state index in [2.05, 4.69) is 24.1 Å². The molecule has 1 aromatic heterocycles. The number of amides is 1. The van der Waals surface area contributed by atoms with Gasteiger partial charge < -0.3 is 10.2 Å². The van der Waals surface area contributed by atoms with Crippen LogP contribution in [0.1, 0.15) is 55.6 Å². The number of pyridine rings is 1. The first kappa shape index (κ1) is 15.8. The van der Waals surface area contributed by atoms with E-state index in [1.807, 2.05) is 24.9 Å². The van der Waals surface area contributed by atoms with E-state index >= 15 is 0 Å². The summed E-state index contributed by atoms with van der Waals surface area (Å²) in [6, 6.07) is 1.93. The van der Waals surface area contributed by atoms with Crippen LogP contribution in [-0.2, 0) is 0 Å². The highest BCUT2D eigenvalue weighted by atomic mass is 16.2. The molecular formula is C17H27N3O. The molecule has 2 rings (SSSR count). The summed E-state index contributed by atoms with van der Waals surface area (Å²) < 4.78 is 0. The van der Waals surface area contributed by atoms with E-state index in [1.165, 1.54) is 12.8 Å². The zero-order valence-corrected chi connectivity index (χ0v) is 13.7. The minimum absolute atomic E-state index is 0.104. The normalized spacial score (nSPS) is 17.6. The molecule has 1 aromatic rings. The number of nitrogens with one attached hydrogen (secondary N) is 1. The van der Waals surface area contributed by atoms with Crippen molar-refractivity contribution in [3.63, 3.8) is 0 Å². The van der Waals surface area contributed by atoms with E-state index < -0.39 is 0 Å². The third-order valence-electron chi connectivity index (χ3n) is 5.15. The fraction of sp³-hybridized carbons (Fsp3) is 0.647. The average Bonchev–Trinajstić information content (AvgIpc) is 2.54. The number of aromatic nitrogens is 1. The lowest BCUT2D eigenvalue weighted by Crippen LogP contribution is -2.43. The average molecular weight is 289 g/mol. The first-order valence-electron chi connectivity index (χ1n) is 7.99. The summed E-state index contributed by atoms with van der Waals surface area (Å²) in [5, 5.41) is 3.11. The second kappa shape index (κ2) is 6.46. The minimum atomic E-state index is 0.104. The predicted octanol–water partition coefficient (Wildman–Crippen LogP) is 3.47. The van der Waals surface area contributed by atoms with Crippen LogP contribution in [-0.4, -0.2) is 35.9 Å². The molecule has 0 bridgehead atoms. The maximum Gasteiger partial charge on any atom is 0.257 e. The molecule has 0 saturated carbocycles. The quantitative estimate of drug-likeness (QED) is 0.923. The van der Waals surface area contributed by atoms with Crippen molar-refractivity contribution in [2.75, 3.05) is 25.5 Å². The summed E-state index contributed by atoms with van der Waals surface area (Å²) in [7, 11) is 1.85. The van der Waals surface area contributed by atoms with Gasteiger partial charge >= 0.3 is 0 Å². The van der Waals surface area contributed by atoms with Gasteiger partial charge in [-0.2, -0.15) is 0 Å². The number of piperidine rings is 1. The molecule has 1 N–H and O–H groups in total. The summed E-state index contributed by atoms with van der Waals surface area (Å²) in [5.41, 5.74) is 2.91. The van der Waals surface area contributed by atoms with Crippen LogP contribution in [0.2, 0.25) is 0 Å². The number of likely N-dealkylation sites (tertiary alicyclic amines) is 1. The van der Waals surface area contributed by atoms with E-state index in [1.54, 1.807) is 6.20 Å². The van der Waals surface area contributed by atoms with Crippen molar-refractivity contribution in [2.45, 2.75) is 46.5 Å². The van der Waals surface area contributed by atoms with Gasteiger partial charge in [0.05, 0.1) is 11.3 Å². The molecule has 0 aliphatic carbocycles. The molecule has 116 valence electrons. The number of carbonyl (C=O) groups is 1. The summed E-state index contributed by atoms with van der Waals surface area (Å²) in [6.07, 6.45) is 6.34. The van der Waals surface area contributed by atoms with E-state index in [0.29, 0.717) is 11.0 Å². The van der Waals surface area contributed by atoms with Crippen LogP contribution in [0.25, 0.3) is 0 Å². The maximum absolute atomic E-state index is 12.7. The molecule has 4 heteroatoms. The van der Waals surface area contributed by atoms with Crippen molar-refractivity contribution in [2.24, 2.45) is 5.41 Å². The van der Waals surface area contributed by atoms with Crippen LogP contribution >= 0.6 is 0 Å². The smallest absolute Gasteiger partial charge is 0.257 e. The third-order valence-corrected chi connectivity index (χ3v) is 5.15. The number of anilines is 1. The van der Waals surface area contributed by atoms with E-state index in [0.717, 1.165) is 37.3 Å². The monoisotopic (exact) mass is 289 g/mol. The number of hydrogen-bond donors (Lipinski definition) is 1. The van der Waals surface area contributed by atoms with Gasteiger partial charge in [0.15, 0.2) is 0 Å². The molecule has 4 nitrogen and oxygen atoms in total. The summed E-state index contributed by atoms with van der Waals surface area (Å²) >= 11 is 0. The van der Waals surface area contributed by atoms with Crippen LogP contribution in [0.3, 0.4) is 0 Å². The lowest BCUT2D eigenvalue weighted by atomic mass is 9.74. The fourth-order valence-electron chi connectivity index (χ4n) is 3.25. The van der Waals surface area contributed by atoms with Crippen molar-refractivity contribution in [3.8, 4) is 0 Å². The minimum Gasteiger partial charge on any atom is -0.387 e. The number of nitrogens with zero attached hydrogens (tertiary/aromatic N) is 2. The summed E-state index contributed by atoms with van der Waals surface area (Å²) in [4.78, 5) is 19.0. The number of aryl methyl sites for hydroxylation is 1. The highest BCUT2D eigenvalue weighted by Crippen LogP contribution is 2.38. The first-order chi connectivity index (χ1) is 10.0. The van der Waals surface area contributed by atoms with Gasteiger partial charge in [0.1, 0.15) is 0 Å². The van der Waals surface area contributed by atoms with Gasteiger partial charge in [0.2, 0.25) is 0 Å². The van der Waals surface area contributed by atoms with Gasteiger partial charge in [-0.25, -0.2) is 0 Å². The van der Waals surface area contributed by atoms with E-state index in [-0.39, 0.29) is 5.91 Å². The van der Waals surface area contributed by atoms with Gasteiger partial charge in [-0.1, -0.05) is 26.7 Å². The molecule has 1 aliphatic rings. The van der Waals surface area contributed by atoms with Crippen molar-refractivity contribution in [3.05, 3.63) is 23.5 Å². The van der Waals surface area contributed by atoms with Gasteiger partial charge in [-0.3, -0.25) is 9.78 Å². The lowest BCUT2D eigenvalue weighted by molar-refractivity contribution is 0.0558. The number of carbonyl (C=O) groups excluding carboxylic acids is 1. The second-order valence-corrected chi connectivity index (χ2v) is 6.12. The van der Waals surface area contributed by atoms with Gasteiger partial charge in [0.25, 0.3) is 5.91 Å². The molecule has 1 aliphatic heterocycles. The van der Waals surface area contributed by atoms with Crippen LogP contribution in [0.15, 0.2) is 12.3 Å². The third kappa shape index (κ3) is 3.20. The standard InChI is InChI=1S/C17H27N3O/c1-5-17(6-2)7-9-20(10-8-17)16(21)14-12-19-13(3)11-15(14)18-4/h11-12H,5-10H2,1-4H3,(H,18,19). The Morgan fingerprint density at radius 1 is 1.33 bits per heavy atom. The molecule has 0 aromatic carbocycles. The Hall–Kier alpha value is -1.58. The molecule has 1 saturated heterocycles. The lowest BCUT2D eigenvalue weighted by Gasteiger charge is -2.41. The number of hydrogen-bond acceptors (Lipinski definition) is 3. The van der Waals surface area contributed by atoms with Crippen molar-refractivity contribution < 1.29 is 4.79 Å². The van der Waals surface area contributed by atoms with Gasteiger partial charge in [-0.15, -0.1) is 0 Å². The second-order valence-electron chi connectivity index (χ2n) is 6.12. The Morgan fingerprint density at radius 3 is 2.48 bits per heavy atom. The first-order valence-corrected chi connectivity index (χ1v) is 7.99. The van der Waals surface area contributed by atoms with E-state index in [9.17, 15) is 4.79 Å². The molecule has 2 heterocycles. The zero-order valence-electron chi connectivity index (χ0n) is 13.7. The number of rotatable bonds is 4. The van der Waals surface area contributed by atoms with Gasteiger partial charge in [0, 0.05) is 32.0 Å². The molecule has 0 radical (unpaired) electrons. The molecule has 0 unspecified atom stereocenters. The SMILES string of the molecule is CCC1(CC)CCN(C(=O)c2cnc(C)cc2NC)CC1. The Morgan fingerprint density at radius 2 is 1.95 bits per heavy atom. The maximum atomic E-state index is 12.7. The molecule has 0 spiro atoms. The van der Waals surface area contributed by atoms with E-state index in [4.69, 9.17) is 0 Å². The van der Waals surface area contributed by atoms with Crippen LogP contribution < -0.4 is 5.32 Å². The topological polar surface area (TPSA) is 45.2 Å². The van der Waals surface area contributed by atoms with Crippen LogP contribution in [0, 0.1) is 12.3 Å². The Kier molecular flexibility index (Phi) is 4.86. The molecule has 0 atom stereocenters. The summed E-state index contributed by atoms with van der Waals surface area (Å²) in [6.45, 7) is 8.19. The fourth-order valence-corrected chi connectivity index (χ4v) is 3.25. The van der Waals surface area contributed by atoms with Crippen LogP contribution in [0.5, 0.6) is 0 Å². The molecule has 1 fully saturated rings. The Balaban J connectivity index is 2.12. The molecular weight excluding hydrogens is 262 g/mol. The molecule has 21 heavy (non-hydrogen) atoms. The Labute approximate surface area is 127 Å². The highest BCUT2D eigenvalue weighted by molar-refractivity contribution is 5.99. The Bertz CT molecular complexity index is 499. The van der Waals surface area contributed by atoms with Crippen LogP contribution in [0.4, 0.5) is 5.69 Å². The largest absolute Gasteiger partial charge is 0.387 e. The summed E-state index contributed by atoms with van der Waals surface area (Å²) in [5.74, 6) is 0.104. The van der Waals surface area contributed by atoms with Crippen molar-refractivity contribution in [1.29, 1.82) is 0 Å². The van der Waals surface area contributed by atoms with Gasteiger partial charge in [-0.05, 0) is 31.2 Å². The van der Waals surface area contributed by atoms with Crippen molar-refractivity contribution >= 4 is 11.6 Å². The highest BCUT2D eigenvalue weighted by Gasteiger charge is 2.33.